The largest absolute Gasteiger partial charge is 0.134 e. The molecule has 0 radical (unpaired) electrons. The summed E-state index contributed by atoms with van der Waals surface area (Å²) < 4.78 is 0.0961. The fourth-order valence-electron chi connectivity index (χ4n) is 3.03. The summed E-state index contributed by atoms with van der Waals surface area (Å²) in [6.07, 6.45) is 2.23. The monoisotopic (exact) mass is 314 g/mol. The Kier molecular flexibility index (Phi) is 4.66. The summed E-state index contributed by atoms with van der Waals surface area (Å²) in [5.41, 5.74) is 5.92. The molecule has 0 aliphatic carbocycles. The maximum absolute atomic E-state index is 2.42. The molecule has 110 valence electrons. The van der Waals surface area contributed by atoms with Crippen LogP contribution in [0.4, 0.5) is 0 Å². The lowest BCUT2D eigenvalue weighted by Gasteiger charge is -2.31. The highest BCUT2D eigenvalue weighted by Gasteiger charge is 2.40. The van der Waals surface area contributed by atoms with Crippen LogP contribution in [-0.2, 0) is 16.9 Å². The van der Waals surface area contributed by atoms with E-state index in [4.69, 9.17) is 0 Å². The molecule has 0 amide bonds. The lowest BCUT2D eigenvalue weighted by Crippen LogP contribution is -2.18. The third kappa shape index (κ3) is 2.76. The molecule has 0 nitrogen and oxygen atoms in total. The van der Waals surface area contributed by atoms with Crippen molar-refractivity contribution in [3.63, 3.8) is 0 Å². The van der Waals surface area contributed by atoms with Gasteiger partial charge in [-0.2, -0.15) is 0 Å². The van der Waals surface area contributed by atoms with Crippen LogP contribution in [0.15, 0.2) is 48.5 Å². The van der Waals surface area contributed by atoms with Gasteiger partial charge in [-0.05, 0) is 35.1 Å². The summed E-state index contributed by atoms with van der Waals surface area (Å²) >= 11 is 4.20. The molecule has 1 saturated heterocycles. The zero-order chi connectivity index (χ0) is 14.7. The van der Waals surface area contributed by atoms with Crippen molar-refractivity contribution in [3.05, 3.63) is 70.8 Å². The normalized spacial score (nSPS) is 17.0. The predicted octanol–water partition coefficient (Wildman–Crippen LogP) is 5.49. The summed E-state index contributed by atoms with van der Waals surface area (Å²) in [5.74, 6) is 2.47. The van der Waals surface area contributed by atoms with E-state index in [0.717, 1.165) is 12.8 Å². The van der Waals surface area contributed by atoms with Gasteiger partial charge < -0.3 is 0 Å². The minimum Gasteiger partial charge on any atom is -0.134 e. The first-order valence-corrected chi connectivity index (χ1v) is 9.73. The summed E-state index contributed by atoms with van der Waals surface area (Å²) in [7, 11) is 0. The van der Waals surface area contributed by atoms with Crippen molar-refractivity contribution >= 4 is 23.5 Å². The van der Waals surface area contributed by atoms with Gasteiger partial charge in [0.05, 0.1) is 0 Å². The summed E-state index contributed by atoms with van der Waals surface area (Å²) in [6.45, 7) is 4.52. The molecule has 0 unspecified atom stereocenters. The highest BCUT2D eigenvalue weighted by Crippen LogP contribution is 2.57. The van der Waals surface area contributed by atoms with E-state index in [1.807, 2.05) is 0 Å². The zero-order valence-electron chi connectivity index (χ0n) is 12.8. The number of benzene rings is 2. The van der Waals surface area contributed by atoms with Crippen molar-refractivity contribution in [1.82, 2.24) is 0 Å². The van der Waals surface area contributed by atoms with Crippen LogP contribution in [0, 0.1) is 0 Å². The SMILES string of the molecule is CCc1ccc(C2(c3ccccc3)SCCS2)c(CC)c1. The molecule has 1 heterocycles. The van der Waals surface area contributed by atoms with Crippen LogP contribution in [0.1, 0.15) is 36.1 Å². The lowest BCUT2D eigenvalue weighted by molar-refractivity contribution is 0.992. The van der Waals surface area contributed by atoms with E-state index in [1.165, 1.54) is 33.8 Å². The third-order valence-corrected chi connectivity index (χ3v) is 7.67. The average molecular weight is 315 g/mol. The Morgan fingerprint density at radius 1 is 0.905 bits per heavy atom. The maximum atomic E-state index is 2.42. The molecule has 1 aliphatic rings. The molecular weight excluding hydrogens is 292 g/mol. The number of thioether (sulfide) groups is 2. The molecule has 21 heavy (non-hydrogen) atoms. The highest BCUT2D eigenvalue weighted by molar-refractivity contribution is 8.20. The fourth-order valence-corrected chi connectivity index (χ4v) is 6.42. The van der Waals surface area contributed by atoms with Gasteiger partial charge in [0, 0.05) is 11.5 Å². The van der Waals surface area contributed by atoms with Crippen LogP contribution in [0.5, 0.6) is 0 Å². The Hall–Kier alpha value is -0.860. The van der Waals surface area contributed by atoms with Crippen LogP contribution >= 0.6 is 23.5 Å². The van der Waals surface area contributed by atoms with Crippen molar-refractivity contribution in [1.29, 1.82) is 0 Å². The zero-order valence-corrected chi connectivity index (χ0v) is 14.4. The van der Waals surface area contributed by atoms with Crippen LogP contribution in [0.3, 0.4) is 0 Å². The van der Waals surface area contributed by atoms with Crippen molar-refractivity contribution < 1.29 is 0 Å². The van der Waals surface area contributed by atoms with Gasteiger partial charge in [-0.1, -0.05) is 62.4 Å². The van der Waals surface area contributed by atoms with Gasteiger partial charge in [-0.25, -0.2) is 0 Å². The predicted molar refractivity (Wildman–Crippen MR) is 97.3 cm³/mol. The summed E-state index contributed by atoms with van der Waals surface area (Å²) in [6, 6.07) is 18.2. The van der Waals surface area contributed by atoms with Gasteiger partial charge in [0.25, 0.3) is 0 Å². The second-order valence-corrected chi connectivity index (χ2v) is 8.26. The first kappa shape index (κ1) is 15.1. The van der Waals surface area contributed by atoms with E-state index in [-0.39, 0.29) is 4.08 Å². The topological polar surface area (TPSA) is 0 Å². The van der Waals surface area contributed by atoms with Crippen LogP contribution in [0.2, 0.25) is 0 Å². The molecule has 0 atom stereocenters. The Morgan fingerprint density at radius 3 is 2.24 bits per heavy atom. The van der Waals surface area contributed by atoms with E-state index >= 15 is 0 Å². The smallest absolute Gasteiger partial charge is 0.112 e. The van der Waals surface area contributed by atoms with Crippen molar-refractivity contribution in [3.8, 4) is 0 Å². The van der Waals surface area contributed by atoms with Gasteiger partial charge in [-0.15, -0.1) is 23.5 Å². The first-order chi connectivity index (χ1) is 10.3. The van der Waals surface area contributed by atoms with Gasteiger partial charge in [0.15, 0.2) is 0 Å². The van der Waals surface area contributed by atoms with Crippen molar-refractivity contribution in [2.75, 3.05) is 11.5 Å². The minimum absolute atomic E-state index is 0.0961. The maximum Gasteiger partial charge on any atom is 0.112 e. The Balaban J connectivity index is 2.14. The molecule has 0 aromatic heterocycles. The van der Waals surface area contributed by atoms with E-state index in [9.17, 15) is 0 Å². The number of rotatable bonds is 4. The average Bonchev–Trinajstić information content (AvgIpc) is 3.06. The van der Waals surface area contributed by atoms with Gasteiger partial charge in [0.1, 0.15) is 4.08 Å². The molecule has 2 aromatic carbocycles. The van der Waals surface area contributed by atoms with Crippen LogP contribution in [-0.4, -0.2) is 11.5 Å². The van der Waals surface area contributed by atoms with Gasteiger partial charge in [0.2, 0.25) is 0 Å². The summed E-state index contributed by atoms with van der Waals surface area (Å²) in [5, 5.41) is 0. The molecule has 0 spiro atoms. The number of hydrogen-bond donors (Lipinski definition) is 0. The number of hydrogen-bond acceptors (Lipinski definition) is 2. The van der Waals surface area contributed by atoms with Crippen LogP contribution < -0.4 is 0 Å². The molecule has 2 aromatic rings. The lowest BCUT2D eigenvalue weighted by atomic mass is 9.94. The molecular formula is C19H22S2. The molecule has 0 saturated carbocycles. The van der Waals surface area contributed by atoms with E-state index < -0.39 is 0 Å². The molecule has 1 aliphatic heterocycles. The molecule has 0 N–H and O–H groups in total. The highest BCUT2D eigenvalue weighted by atomic mass is 32.2. The van der Waals surface area contributed by atoms with Gasteiger partial charge in [-0.3, -0.25) is 0 Å². The minimum atomic E-state index is 0.0961. The quantitative estimate of drug-likeness (QED) is 0.731. The fraction of sp³-hybridized carbons (Fsp3) is 0.368. The molecule has 1 fully saturated rings. The second kappa shape index (κ2) is 6.50. The molecule has 0 bridgehead atoms. The summed E-state index contributed by atoms with van der Waals surface area (Å²) in [4.78, 5) is 0. The van der Waals surface area contributed by atoms with E-state index in [1.54, 1.807) is 0 Å². The second-order valence-electron chi connectivity index (χ2n) is 5.38. The Morgan fingerprint density at radius 2 is 1.62 bits per heavy atom. The number of aryl methyl sites for hydroxylation is 2. The van der Waals surface area contributed by atoms with E-state index in [2.05, 4.69) is 85.9 Å². The molecule has 3 rings (SSSR count). The van der Waals surface area contributed by atoms with Crippen LogP contribution in [0.25, 0.3) is 0 Å². The third-order valence-electron chi connectivity index (χ3n) is 4.16. The van der Waals surface area contributed by atoms with Crippen molar-refractivity contribution in [2.24, 2.45) is 0 Å². The van der Waals surface area contributed by atoms with Crippen molar-refractivity contribution in [2.45, 2.75) is 30.8 Å². The first-order valence-electron chi connectivity index (χ1n) is 7.76. The standard InChI is InChI=1S/C19H22S2/c1-3-15-10-11-18(16(4-2)14-15)19(20-12-13-21-19)17-8-6-5-7-9-17/h5-11,14H,3-4,12-13H2,1-2H3. The molecule has 2 heteroatoms. The van der Waals surface area contributed by atoms with Gasteiger partial charge >= 0.3 is 0 Å². The Bertz CT molecular complexity index is 598. The Labute approximate surface area is 136 Å². The van der Waals surface area contributed by atoms with E-state index in [0.29, 0.717) is 0 Å².